The van der Waals surface area contributed by atoms with Gasteiger partial charge in [-0.3, -0.25) is 9.67 Å². The summed E-state index contributed by atoms with van der Waals surface area (Å²) in [5, 5.41) is 4.13. The van der Waals surface area contributed by atoms with Crippen LogP contribution in [0.15, 0.2) is 53.8 Å². The Morgan fingerprint density at radius 2 is 2.06 bits per heavy atom. The van der Waals surface area contributed by atoms with E-state index < -0.39 is 0 Å². The first-order valence-corrected chi connectivity index (χ1v) is 5.69. The van der Waals surface area contributed by atoms with Crippen molar-refractivity contribution in [2.45, 2.75) is 13.0 Å². The lowest BCUT2D eigenvalue weighted by Crippen LogP contribution is -2.14. The van der Waals surface area contributed by atoms with Crippen molar-refractivity contribution in [1.29, 1.82) is 0 Å². The Balaban J connectivity index is 1.81. The Morgan fingerprint density at radius 3 is 2.76 bits per heavy atom. The van der Waals surface area contributed by atoms with Gasteiger partial charge in [0.2, 0.25) is 0 Å². The first-order valence-electron chi connectivity index (χ1n) is 5.69. The van der Waals surface area contributed by atoms with E-state index in [0.717, 1.165) is 25.1 Å². The van der Waals surface area contributed by atoms with Crippen molar-refractivity contribution in [2.75, 3.05) is 6.54 Å². The third-order valence-corrected chi connectivity index (χ3v) is 2.46. The molecule has 0 atom stereocenters. The Labute approximate surface area is 101 Å². The normalized spacial score (nSPS) is 11.6. The second kappa shape index (κ2) is 5.84. The van der Waals surface area contributed by atoms with Gasteiger partial charge >= 0.3 is 0 Å². The summed E-state index contributed by atoms with van der Waals surface area (Å²) in [5.74, 6) is 0.603. The standard InChI is InChI=1S/C13H16N4/c14-13(12-6-2-1-3-7-12)15-8-4-10-17-11-5-9-16-17/h1-3,5-7,9,11H,4,8,10H2,(H2,14,15). The molecule has 0 aliphatic rings. The predicted molar refractivity (Wildman–Crippen MR) is 68.9 cm³/mol. The molecule has 0 aliphatic heterocycles. The first kappa shape index (κ1) is 11.4. The number of hydrogen-bond donors (Lipinski definition) is 1. The maximum atomic E-state index is 5.88. The van der Waals surface area contributed by atoms with E-state index in [2.05, 4.69) is 10.1 Å². The van der Waals surface area contributed by atoms with Gasteiger partial charge in [-0.25, -0.2) is 0 Å². The van der Waals surface area contributed by atoms with Crippen molar-refractivity contribution in [3.63, 3.8) is 0 Å². The number of hydrogen-bond acceptors (Lipinski definition) is 2. The number of nitrogens with zero attached hydrogens (tertiary/aromatic N) is 3. The molecule has 0 saturated carbocycles. The molecule has 2 rings (SSSR count). The molecule has 1 heterocycles. The number of aromatic nitrogens is 2. The fourth-order valence-electron chi connectivity index (χ4n) is 1.57. The van der Waals surface area contributed by atoms with E-state index in [-0.39, 0.29) is 0 Å². The van der Waals surface area contributed by atoms with Gasteiger partial charge in [0.15, 0.2) is 0 Å². The number of benzene rings is 1. The van der Waals surface area contributed by atoms with Crippen molar-refractivity contribution in [1.82, 2.24) is 9.78 Å². The second-order valence-corrected chi connectivity index (χ2v) is 3.76. The van der Waals surface area contributed by atoms with Crippen LogP contribution in [0.4, 0.5) is 0 Å². The largest absolute Gasteiger partial charge is 0.384 e. The molecule has 4 heteroatoms. The summed E-state index contributed by atoms with van der Waals surface area (Å²) in [6.07, 6.45) is 4.67. The molecule has 0 saturated heterocycles. The molecule has 2 aromatic rings. The van der Waals surface area contributed by atoms with Gasteiger partial charge in [0, 0.05) is 31.0 Å². The molecule has 1 aromatic heterocycles. The second-order valence-electron chi connectivity index (χ2n) is 3.76. The zero-order chi connectivity index (χ0) is 11.9. The van der Waals surface area contributed by atoms with Gasteiger partial charge in [0.05, 0.1) is 0 Å². The van der Waals surface area contributed by atoms with Crippen LogP contribution in [0.25, 0.3) is 0 Å². The maximum absolute atomic E-state index is 5.88. The van der Waals surface area contributed by atoms with E-state index in [4.69, 9.17) is 5.73 Å². The molecular formula is C13H16N4. The number of aryl methyl sites for hydroxylation is 1. The summed E-state index contributed by atoms with van der Waals surface area (Å²) < 4.78 is 1.90. The maximum Gasteiger partial charge on any atom is 0.125 e. The van der Waals surface area contributed by atoms with Crippen molar-refractivity contribution in [3.8, 4) is 0 Å². The van der Waals surface area contributed by atoms with E-state index in [9.17, 15) is 0 Å². The summed E-state index contributed by atoms with van der Waals surface area (Å²) in [5.41, 5.74) is 6.86. The van der Waals surface area contributed by atoms with Crippen LogP contribution in [-0.2, 0) is 6.54 Å². The molecule has 0 radical (unpaired) electrons. The fraction of sp³-hybridized carbons (Fsp3) is 0.231. The number of aliphatic imine (C=N–C) groups is 1. The lowest BCUT2D eigenvalue weighted by Gasteiger charge is -2.01. The van der Waals surface area contributed by atoms with E-state index in [1.165, 1.54) is 0 Å². The molecule has 4 nitrogen and oxygen atoms in total. The number of nitrogens with two attached hydrogens (primary N) is 1. The van der Waals surface area contributed by atoms with Gasteiger partial charge in [-0.2, -0.15) is 5.10 Å². The van der Waals surface area contributed by atoms with Crippen LogP contribution in [0.5, 0.6) is 0 Å². The van der Waals surface area contributed by atoms with E-state index in [1.807, 2.05) is 47.3 Å². The molecule has 2 N–H and O–H groups in total. The zero-order valence-electron chi connectivity index (χ0n) is 9.66. The van der Waals surface area contributed by atoms with Crippen LogP contribution in [0, 0.1) is 0 Å². The van der Waals surface area contributed by atoms with Crippen molar-refractivity contribution in [3.05, 3.63) is 54.4 Å². The van der Waals surface area contributed by atoms with Crippen molar-refractivity contribution in [2.24, 2.45) is 10.7 Å². The van der Waals surface area contributed by atoms with E-state index >= 15 is 0 Å². The molecule has 0 fully saturated rings. The minimum absolute atomic E-state index is 0.603. The molecule has 0 amide bonds. The topological polar surface area (TPSA) is 56.2 Å². The molecule has 0 spiro atoms. The summed E-state index contributed by atoms with van der Waals surface area (Å²) in [4.78, 5) is 4.35. The molecular weight excluding hydrogens is 212 g/mol. The van der Waals surface area contributed by atoms with E-state index in [1.54, 1.807) is 6.20 Å². The van der Waals surface area contributed by atoms with Gasteiger partial charge in [-0.05, 0) is 12.5 Å². The van der Waals surface area contributed by atoms with Crippen molar-refractivity contribution < 1.29 is 0 Å². The van der Waals surface area contributed by atoms with Crippen LogP contribution < -0.4 is 5.73 Å². The van der Waals surface area contributed by atoms with Crippen LogP contribution in [0.3, 0.4) is 0 Å². The lowest BCUT2D eigenvalue weighted by molar-refractivity contribution is 0.585. The zero-order valence-corrected chi connectivity index (χ0v) is 9.66. The molecule has 17 heavy (non-hydrogen) atoms. The smallest absolute Gasteiger partial charge is 0.125 e. The molecule has 88 valence electrons. The monoisotopic (exact) mass is 228 g/mol. The van der Waals surface area contributed by atoms with Gasteiger partial charge < -0.3 is 5.73 Å². The fourth-order valence-corrected chi connectivity index (χ4v) is 1.57. The predicted octanol–water partition coefficient (Wildman–Crippen LogP) is 1.68. The first-order chi connectivity index (χ1) is 8.36. The van der Waals surface area contributed by atoms with Gasteiger partial charge in [0.25, 0.3) is 0 Å². The summed E-state index contributed by atoms with van der Waals surface area (Å²) in [6.45, 7) is 1.60. The highest BCUT2D eigenvalue weighted by Crippen LogP contribution is 1.98. The molecule has 0 unspecified atom stereocenters. The number of amidine groups is 1. The average molecular weight is 228 g/mol. The quantitative estimate of drug-likeness (QED) is 0.481. The number of rotatable bonds is 5. The lowest BCUT2D eigenvalue weighted by atomic mass is 10.2. The SMILES string of the molecule is NC(=NCCCn1cccn1)c1ccccc1. The average Bonchev–Trinajstić information content (AvgIpc) is 2.88. The minimum atomic E-state index is 0.603. The van der Waals surface area contributed by atoms with E-state index in [0.29, 0.717) is 5.84 Å². The van der Waals surface area contributed by atoms with Gasteiger partial charge in [0.1, 0.15) is 5.84 Å². The van der Waals surface area contributed by atoms with Crippen LogP contribution in [-0.4, -0.2) is 22.2 Å². The Morgan fingerprint density at radius 1 is 1.24 bits per heavy atom. The highest BCUT2D eigenvalue weighted by molar-refractivity contribution is 5.97. The highest BCUT2D eigenvalue weighted by atomic mass is 15.3. The summed E-state index contributed by atoms with van der Waals surface area (Å²) in [7, 11) is 0. The summed E-state index contributed by atoms with van der Waals surface area (Å²) in [6, 6.07) is 11.7. The molecule has 1 aromatic carbocycles. The molecule has 0 bridgehead atoms. The summed E-state index contributed by atoms with van der Waals surface area (Å²) >= 11 is 0. The Bertz CT molecular complexity index is 459. The van der Waals surface area contributed by atoms with Crippen molar-refractivity contribution >= 4 is 5.84 Å². The molecule has 0 aliphatic carbocycles. The highest BCUT2D eigenvalue weighted by Gasteiger charge is 1.95. The minimum Gasteiger partial charge on any atom is -0.384 e. The third kappa shape index (κ3) is 3.45. The Kier molecular flexibility index (Phi) is 3.91. The van der Waals surface area contributed by atoms with Crippen LogP contribution in [0.1, 0.15) is 12.0 Å². The van der Waals surface area contributed by atoms with Gasteiger partial charge in [-0.1, -0.05) is 30.3 Å². The van der Waals surface area contributed by atoms with Crippen LogP contribution in [0.2, 0.25) is 0 Å². The van der Waals surface area contributed by atoms with Crippen LogP contribution >= 0.6 is 0 Å². The van der Waals surface area contributed by atoms with Gasteiger partial charge in [-0.15, -0.1) is 0 Å². The Hall–Kier alpha value is -2.10. The third-order valence-electron chi connectivity index (χ3n) is 2.46.